The van der Waals surface area contributed by atoms with Crippen molar-refractivity contribution < 1.29 is 4.74 Å². The summed E-state index contributed by atoms with van der Waals surface area (Å²) < 4.78 is 8.10. The zero-order chi connectivity index (χ0) is 13.1. The summed E-state index contributed by atoms with van der Waals surface area (Å²) in [6, 6.07) is 3.30. The van der Waals surface area contributed by atoms with Crippen molar-refractivity contribution in [3.8, 4) is 6.07 Å². The van der Waals surface area contributed by atoms with Gasteiger partial charge in [0.25, 0.3) is 0 Å². The normalized spacial score (nSPS) is 11.5. The molecule has 0 saturated heterocycles. The lowest BCUT2D eigenvalue weighted by atomic mass is 10.3. The van der Waals surface area contributed by atoms with Crippen molar-refractivity contribution in [2.24, 2.45) is 0 Å². The van der Waals surface area contributed by atoms with Gasteiger partial charge in [0.1, 0.15) is 22.2 Å². The molecule has 0 fully saturated rings. The van der Waals surface area contributed by atoms with Crippen LogP contribution in [0.2, 0.25) is 25.7 Å². The Hall–Kier alpha value is -0.393. The minimum atomic E-state index is -1.04. The van der Waals surface area contributed by atoms with Crippen LogP contribution in [0, 0.1) is 22.0 Å². The van der Waals surface area contributed by atoms with Gasteiger partial charge in [0, 0.05) is 20.2 Å². The van der Waals surface area contributed by atoms with Crippen molar-refractivity contribution in [1.82, 2.24) is 9.78 Å². The van der Waals surface area contributed by atoms with Gasteiger partial charge in [0.2, 0.25) is 0 Å². The molecule has 0 spiro atoms. The van der Waals surface area contributed by atoms with Crippen LogP contribution >= 0.6 is 22.6 Å². The van der Waals surface area contributed by atoms with Crippen molar-refractivity contribution in [3.63, 3.8) is 0 Å². The van der Waals surface area contributed by atoms with Crippen LogP contribution in [-0.4, -0.2) is 24.5 Å². The summed E-state index contributed by atoms with van der Waals surface area (Å²) in [7, 11) is -1.04. The van der Waals surface area contributed by atoms with Crippen molar-refractivity contribution in [2.45, 2.75) is 39.3 Å². The quantitative estimate of drug-likeness (QED) is 0.459. The van der Waals surface area contributed by atoms with Gasteiger partial charge in [-0.3, -0.25) is 0 Å². The van der Waals surface area contributed by atoms with Crippen LogP contribution in [0.25, 0.3) is 0 Å². The van der Waals surface area contributed by atoms with Gasteiger partial charge in [-0.25, -0.2) is 4.68 Å². The van der Waals surface area contributed by atoms with Crippen molar-refractivity contribution in [1.29, 1.82) is 5.26 Å². The molecule has 0 aliphatic heterocycles. The van der Waals surface area contributed by atoms with Gasteiger partial charge in [-0.2, -0.15) is 10.4 Å². The zero-order valence-electron chi connectivity index (χ0n) is 10.7. The van der Waals surface area contributed by atoms with Crippen LogP contribution in [0.3, 0.4) is 0 Å². The number of nitriles is 1. The minimum Gasteiger partial charge on any atom is -0.359 e. The molecular formula is C11H18IN3OSi. The Kier molecular flexibility index (Phi) is 5.16. The molecule has 0 radical (unpaired) electrons. The lowest BCUT2D eigenvalue weighted by molar-refractivity contribution is 0.0777. The first-order chi connectivity index (χ1) is 7.85. The second-order valence-electron chi connectivity index (χ2n) is 5.22. The predicted octanol–water partition coefficient (Wildman–Crippen LogP) is 2.98. The van der Waals surface area contributed by atoms with E-state index in [-0.39, 0.29) is 0 Å². The van der Waals surface area contributed by atoms with Crippen molar-refractivity contribution in [3.05, 3.63) is 15.0 Å². The first-order valence-electron chi connectivity index (χ1n) is 5.56. The topological polar surface area (TPSA) is 50.8 Å². The highest BCUT2D eigenvalue weighted by Gasteiger charge is 2.14. The van der Waals surface area contributed by atoms with Gasteiger partial charge < -0.3 is 4.74 Å². The fraction of sp³-hybridized carbons (Fsp3) is 0.636. The maximum atomic E-state index is 9.04. The van der Waals surface area contributed by atoms with E-state index in [1.807, 2.05) is 6.92 Å². The van der Waals surface area contributed by atoms with E-state index in [0.29, 0.717) is 12.4 Å². The average molecular weight is 363 g/mol. The third-order valence-electron chi connectivity index (χ3n) is 2.45. The van der Waals surface area contributed by atoms with Gasteiger partial charge in [-0.15, -0.1) is 0 Å². The highest BCUT2D eigenvalue weighted by molar-refractivity contribution is 14.1. The number of hydrogen-bond acceptors (Lipinski definition) is 3. The minimum absolute atomic E-state index is 0.372. The van der Waals surface area contributed by atoms with E-state index in [4.69, 9.17) is 10.00 Å². The average Bonchev–Trinajstić information content (AvgIpc) is 2.48. The molecule has 0 amide bonds. The molecule has 0 saturated carbocycles. The molecule has 0 aliphatic carbocycles. The van der Waals surface area contributed by atoms with Crippen LogP contribution in [-0.2, 0) is 11.5 Å². The number of aromatic nitrogens is 2. The smallest absolute Gasteiger partial charge is 0.145 e. The molecular weight excluding hydrogens is 345 g/mol. The standard InChI is InChI=1S/C11H18IN3OSi/c1-9-10(7-13)15(14-11(9)12)8-16-5-6-17(2,3)4/h5-6,8H2,1-4H3. The van der Waals surface area contributed by atoms with E-state index >= 15 is 0 Å². The highest BCUT2D eigenvalue weighted by Crippen LogP contribution is 2.14. The summed E-state index contributed by atoms with van der Waals surface area (Å²) in [4.78, 5) is 0. The van der Waals surface area contributed by atoms with Crippen LogP contribution in [0.15, 0.2) is 0 Å². The number of halogens is 1. The van der Waals surface area contributed by atoms with Crippen LogP contribution < -0.4 is 0 Å². The summed E-state index contributed by atoms with van der Waals surface area (Å²) in [6.07, 6.45) is 0. The van der Waals surface area contributed by atoms with E-state index in [9.17, 15) is 0 Å². The Balaban J connectivity index is 2.53. The van der Waals surface area contributed by atoms with E-state index in [1.165, 1.54) is 0 Å². The highest BCUT2D eigenvalue weighted by atomic mass is 127. The predicted molar refractivity (Wildman–Crippen MR) is 78.5 cm³/mol. The Labute approximate surface area is 117 Å². The summed E-state index contributed by atoms with van der Waals surface area (Å²) >= 11 is 2.14. The van der Waals surface area contributed by atoms with E-state index in [1.54, 1.807) is 4.68 Å². The summed E-state index contributed by atoms with van der Waals surface area (Å²) in [6.45, 7) is 9.98. The zero-order valence-corrected chi connectivity index (χ0v) is 13.9. The summed E-state index contributed by atoms with van der Waals surface area (Å²) in [5.74, 6) is 0. The van der Waals surface area contributed by atoms with Crippen molar-refractivity contribution >= 4 is 30.7 Å². The van der Waals surface area contributed by atoms with E-state index in [0.717, 1.165) is 21.9 Å². The van der Waals surface area contributed by atoms with Crippen molar-refractivity contribution in [2.75, 3.05) is 6.61 Å². The second-order valence-corrected chi connectivity index (χ2v) is 11.9. The SMILES string of the molecule is Cc1c(I)nn(COCC[Si](C)(C)C)c1C#N. The molecule has 1 rings (SSSR count). The number of hydrogen-bond donors (Lipinski definition) is 0. The van der Waals surface area contributed by atoms with Gasteiger partial charge in [0.05, 0.1) is 0 Å². The lowest BCUT2D eigenvalue weighted by Crippen LogP contribution is -2.22. The third-order valence-corrected chi connectivity index (χ3v) is 5.18. The van der Waals surface area contributed by atoms with Crippen LogP contribution in [0.1, 0.15) is 11.3 Å². The molecule has 1 aromatic rings. The number of nitrogens with zero attached hydrogens (tertiary/aromatic N) is 3. The van der Waals surface area contributed by atoms with Gasteiger partial charge >= 0.3 is 0 Å². The summed E-state index contributed by atoms with van der Waals surface area (Å²) in [5.41, 5.74) is 1.53. The summed E-state index contributed by atoms with van der Waals surface area (Å²) in [5, 5.41) is 13.3. The fourth-order valence-corrected chi connectivity index (χ4v) is 2.56. The molecule has 0 aromatic carbocycles. The molecule has 0 unspecified atom stereocenters. The van der Waals surface area contributed by atoms with Crippen LogP contribution in [0.4, 0.5) is 0 Å². The van der Waals surface area contributed by atoms with E-state index < -0.39 is 8.07 Å². The first-order valence-corrected chi connectivity index (χ1v) is 10.3. The van der Waals surface area contributed by atoms with E-state index in [2.05, 4.69) is 53.4 Å². The Bertz CT molecular complexity index is 431. The Morgan fingerprint density at radius 3 is 2.65 bits per heavy atom. The molecule has 0 atom stereocenters. The molecule has 0 N–H and O–H groups in total. The first kappa shape index (κ1) is 14.7. The molecule has 17 heavy (non-hydrogen) atoms. The lowest BCUT2D eigenvalue weighted by Gasteiger charge is -2.15. The number of ether oxygens (including phenoxy) is 1. The van der Waals surface area contributed by atoms with Crippen LogP contribution in [0.5, 0.6) is 0 Å². The second kappa shape index (κ2) is 5.98. The fourth-order valence-electron chi connectivity index (χ4n) is 1.29. The Morgan fingerprint density at radius 2 is 2.12 bits per heavy atom. The largest absolute Gasteiger partial charge is 0.359 e. The van der Waals surface area contributed by atoms with Gasteiger partial charge in [-0.05, 0) is 35.6 Å². The third kappa shape index (κ3) is 4.41. The molecule has 0 bridgehead atoms. The molecule has 4 nitrogen and oxygen atoms in total. The number of rotatable bonds is 5. The molecule has 1 aromatic heterocycles. The Morgan fingerprint density at radius 1 is 1.47 bits per heavy atom. The monoisotopic (exact) mass is 363 g/mol. The molecule has 1 heterocycles. The molecule has 6 heteroatoms. The van der Waals surface area contributed by atoms with Gasteiger partial charge in [-0.1, -0.05) is 19.6 Å². The molecule has 0 aliphatic rings. The molecule has 94 valence electrons. The maximum absolute atomic E-state index is 9.04. The maximum Gasteiger partial charge on any atom is 0.145 e. The van der Waals surface area contributed by atoms with Gasteiger partial charge in [0.15, 0.2) is 0 Å².